The van der Waals surface area contributed by atoms with Crippen LogP contribution in [0.1, 0.15) is 32.4 Å². The van der Waals surface area contributed by atoms with Gasteiger partial charge >= 0.3 is 5.97 Å². The molecule has 0 saturated carbocycles. The largest absolute Gasteiger partial charge is 0.451 e. The van der Waals surface area contributed by atoms with Crippen LogP contribution in [-0.2, 0) is 9.53 Å². The number of amides is 2. The summed E-state index contributed by atoms with van der Waals surface area (Å²) in [5.41, 5.74) is 3.28. The van der Waals surface area contributed by atoms with Crippen molar-refractivity contribution in [1.82, 2.24) is 10.7 Å². The fourth-order valence-corrected chi connectivity index (χ4v) is 2.60. The normalized spacial score (nSPS) is 16.7. The van der Waals surface area contributed by atoms with Crippen LogP contribution in [0.25, 0.3) is 0 Å². The summed E-state index contributed by atoms with van der Waals surface area (Å²) in [7, 11) is 0. The predicted octanol–water partition coefficient (Wildman–Crippen LogP) is 0.687. The molecule has 0 spiro atoms. The molecule has 0 saturated heterocycles. The van der Waals surface area contributed by atoms with Crippen molar-refractivity contribution in [2.45, 2.75) is 12.1 Å². The highest BCUT2D eigenvalue weighted by molar-refractivity contribution is 5.99. The van der Waals surface area contributed by atoms with Gasteiger partial charge in [0.1, 0.15) is 0 Å². The van der Waals surface area contributed by atoms with Gasteiger partial charge < -0.3 is 10.1 Å². The van der Waals surface area contributed by atoms with Crippen molar-refractivity contribution >= 4 is 17.8 Å². The molecule has 0 radical (unpaired) electrons. The van der Waals surface area contributed by atoms with Crippen LogP contribution in [-0.4, -0.2) is 23.8 Å². The van der Waals surface area contributed by atoms with Crippen molar-refractivity contribution in [3.63, 3.8) is 0 Å². The minimum atomic E-state index is -1.14. The van der Waals surface area contributed by atoms with Crippen LogP contribution in [0, 0.1) is 0 Å². The highest BCUT2D eigenvalue weighted by atomic mass is 16.6. The summed E-state index contributed by atoms with van der Waals surface area (Å²) in [5.74, 6) is 3.55. The molecule has 0 fully saturated rings. The second kappa shape index (κ2) is 6.51. The van der Waals surface area contributed by atoms with E-state index in [1.807, 2.05) is 5.43 Å². The number of ether oxygens (including phenoxy) is 1. The molecule has 3 rings (SSSR count). The summed E-state index contributed by atoms with van der Waals surface area (Å²) in [6, 6.07) is 14.0. The minimum absolute atomic E-state index is 0.367. The molecule has 7 heteroatoms. The fourth-order valence-electron chi connectivity index (χ4n) is 2.60. The van der Waals surface area contributed by atoms with Gasteiger partial charge in [-0.15, -0.1) is 0 Å². The highest BCUT2D eigenvalue weighted by Crippen LogP contribution is 2.33. The summed E-state index contributed by atoms with van der Waals surface area (Å²) >= 11 is 0. The topological polar surface area (TPSA) is 111 Å². The van der Waals surface area contributed by atoms with E-state index < -0.39 is 29.9 Å². The van der Waals surface area contributed by atoms with Gasteiger partial charge in [0.05, 0.1) is 5.56 Å². The van der Waals surface area contributed by atoms with Gasteiger partial charge in [-0.05, 0) is 18.2 Å². The zero-order valence-corrected chi connectivity index (χ0v) is 12.6. The summed E-state index contributed by atoms with van der Waals surface area (Å²) in [5, 5.41) is 2.58. The molecule has 2 amide bonds. The van der Waals surface area contributed by atoms with Gasteiger partial charge in [0.25, 0.3) is 11.8 Å². The van der Waals surface area contributed by atoms with E-state index in [1.54, 1.807) is 54.6 Å². The Morgan fingerprint density at radius 3 is 2.42 bits per heavy atom. The van der Waals surface area contributed by atoms with Crippen LogP contribution in [0.4, 0.5) is 0 Å². The van der Waals surface area contributed by atoms with Crippen LogP contribution < -0.4 is 16.6 Å². The van der Waals surface area contributed by atoms with E-state index in [0.717, 1.165) is 0 Å². The Hall–Kier alpha value is -3.19. The lowest BCUT2D eigenvalue weighted by atomic mass is 9.99. The standard InChI is InChI=1S/C17H15N3O4/c18-20-16(22)13(19-15(21)10-6-2-1-3-7-10)14-11-8-4-5-9-12(11)17(23)24-14/h1-9,13-14H,18H2,(H,19,21)(H,20,22). The number of nitrogens with one attached hydrogen (secondary N) is 2. The molecular formula is C17H15N3O4. The average Bonchev–Trinajstić information content (AvgIpc) is 2.96. The molecular weight excluding hydrogens is 310 g/mol. The zero-order chi connectivity index (χ0) is 17.1. The van der Waals surface area contributed by atoms with Crippen molar-refractivity contribution in [3.8, 4) is 0 Å². The quantitative estimate of drug-likeness (QED) is 0.331. The average molecular weight is 325 g/mol. The molecule has 1 aliphatic heterocycles. The van der Waals surface area contributed by atoms with Crippen molar-refractivity contribution in [1.29, 1.82) is 0 Å². The van der Waals surface area contributed by atoms with Crippen molar-refractivity contribution in [2.75, 3.05) is 0 Å². The molecule has 122 valence electrons. The van der Waals surface area contributed by atoms with Gasteiger partial charge in [-0.2, -0.15) is 0 Å². The van der Waals surface area contributed by atoms with Gasteiger partial charge in [0.2, 0.25) is 0 Å². The number of carbonyl (C=O) groups is 3. The number of carbonyl (C=O) groups excluding carboxylic acids is 3. The minimum Gasteiger partial charge on any atom is -0.451 e. The molecule has 1 aliphatic rings. The number of benzene rings is 2. The molecule has 2 aromatic rings. The number of cyclic esters (lactones) is 1. The number of hydrogen-bond donors (Lipinski definition) is 3. The number of hydrazine groups is 1. The van der Waals surface area contributed by atoms with Crippen LogP contribution in [0.2, 0.25) is 0 Å². The lowest BCUT2D eigenvalue weighted by molar-refractivity contribution is -0.125. The third-order valence-corrected chi connectivity index (χ3v) is 3.77. The lowest BCUT2D eigenvalue weighted by Gasteiger charge is -2.22. The molecule has 0 bridgehead atoms. The van der Waals surface area contributed by atoms with E-state index in [2.05, 4.69) is 5.32 Å². The van der Waals surface area contributed by atoms with E-state index in [-0.39, 0.29) is 0 Å². The molecule has 1 heterocycles. The van der Waals surface area contributed by atoms with Crippen molar-refractivity contribution in [3.05, 3.63) is 71.3 Å². The summed E-state index contributed by atoms with van der Waals surface area (Å²) in [6.07, 6.45) is -0.940. The van der Waals surface area contributed by atoms with Crippen molar-refractivity contribution in [2.24, 2.45) is 5.84 Å². The Balaban J connectivity index is 1.90. The molecule has 24 heavy (non-hydrogen) atoms. The molecule has 2 atom stereocenters. The second-order valence-corrected chi connectivity index (χ2v) is 5.24. The molecule has 2 aromatic carbocycles. The summed E-state index contributed by atoms with van der Waals surface area (Å²) in [6.45, 7) is 0. The Morgan fingerprint density at radius 1 is 1.04 bits per heavy atom. The van der Waals surface area contributed by atoms with Gasteiger partial charge in [0.15, 0.2) is 12.1 Å². The van der Waals surface area contributed by atoms with E-state index in [1.165, 1.54) is 0 Å². The van der Waals surface area contributed by atoms with Crippen molar-refractivity contribution < 1.29 is 19.1 Å². The number of nitrogens with two attached hydrogens (primary N) is 1. The number of hydrogen-bond acceptors (Lipinski definition) is 5. The number of rotatable bonds is 4. The SMILES string of the molecule is NNC(=O)C(NC(=O)c1ccccc1)C1OC(=O)c2ccccc21. The Morgan fingerprint density at radius 2 is 1.71 bits per heavy atom. The van der Waals surface area contributed by atoms with Crippen LogP contribution in [0.3, 0.4) is 0 Å². The predicted molar refractivity (Wildman–Crippen MR) is 84.6 cm³/mol. The van der Waals surface area contributed by atoms with Gasteiger partial charge in [-0.25, -0.2) is 10.6 Å². The maximum absolute atomic E-state index is 12.4. The number of esters is 1. The van der Waals surface area contributed by atoms with Crippen LogP contribution >= 0.6 is 0 Å². The third kappa shape index (κ3) is 2.84. The van der Waals surface area contributed by atoms with E-state index in [9.17, 15) is 14.4 Å². The maximum Gasteiger partial charge on any atom is 0.339 e. The Bertz CT molecular complexity index is 791. The Kier molecular flexibility index (Phi) is 4.26. The monoisotopic (exact) mass is 325 g/mol. The van der Waals surface area contributed by atoms with E-state index in [0.29, 0.717) is 16.7 Å². The summed E-state index contributed by atoms with van der Waals surface area (Å²) < 4.78 is 5.28. The first-order valence-corrected chi connectivity index (χ1v) is 7.28. The first kappa shape index (κ1) is 15.7. The van der Waals surface area contributed by atoms with E-state index >= 15 is 0 Å². The van der Waals surface area contributed by atoms with Gasteiger partial charge in [0, 0.05) is 11.1 Å². The van der Waals surface area contributed by atoms with Crippen LogP contribution in [0.15, 0.2) is 54.6 Å². The molecule has 2 unspecified atom stereocenters. The molecule has 0 aromatic heterocycles. The third-order valence-electron chi connectivity index (χ3n) is 3.77. The van der Waals surface area contributed by atoms with Gasteiger partial charge in [-0.3, -0.25) is 15.0 Å². The molecule has 7 nitrogen and oxygen atoms in total. The maximum atomic E-state index is 12.4. The Labute approximate surface area is 137 Å². The highest BCUT2D eigenvalue weighted by Gasteiger charge is 2.40. The lowest BCUT2D eigenvalue weighted by Crippen LogP contribution is -2.52. The summed E-state index contributed by atoms with van der Waals surface area (Å²) in [4.78, 5) is 36.4. The zero-order valence-electron chi connectivity index (χ0n) is 12.6. The smallest absolute Gasteiger partial charge is 0.339 e. The number of fused-ring (bicyclic) bond motifs is 1. The first-order chi connectivity index (χ1) is 11.6. The van der Waals surface area contributed by atoms with Gasteiger partial charge in [-0.1, -0.05) is 36.4 Å². The van der Waals surface area contributed by atoms with Crippen LogP contribution in [0.5, 0.6) is 0 Å². The second-order valence-electron chi connectivity index (χ2n) is 5.24. The van der Waals surface area contributed by atoms with E-state index in [4.69, 9.17) is 10.6 Å². The molecule has 4 N–H and O–H groups in total. The fraction of sp³-hybridized carbons (Fsp3) is 0.118. The molecule has 0 aliphatic carbocycles. The first-order valence-electron chi connectivity index (χ1n) is 7.28.